The summed E-state index contributed by atoms with van der Waals surface area (Å²) in [4.78, 5) is 37.1. The van der Waals surface area contributed by atoms with Crippen molar-refractivity contribution < 1.29 is 24.0 Å². The number of nitro groups is 1. The topological polar surface area (TPSA) is 108 Å². The lowest BCUT2D eigenvalue weighted by molar-refractivity contribution is -0.385. The number of hydrogen-bond acceptors (Lipinski definition) is 6. The van der Waals surface area contributed by atoms with E-state index >= 15 is 0 Å². The molecular formula is C26H26N2O6. The van der Waals surface area contributed by atoms with E-state index in [0.29, 0.717) is 5.56 Å². The SMILES string of the molecule is COC(=O)[C@@H](Cc1ccc(OC)c([N+](=O)[O-])c1)NC(=O)C(C)(c1ccccc1)c1ccccc1. The fraction of sp³-hybridized carbons (Fsp3) is 0.231. The van der Waals surface area contributed by atoms with Gasteiger partial charge >= 0.3 is 11.7 Å². The molecule has 0 fully saturated rings. The van der Waals surface area contributed by atoms with Crippen molar-refractivity contribution in [1.29, 1.82) is 0 Å². The van der Waals surface area contributed by atoms with Crippen LogP contribution in [0.25, 0.3) is 0 Å². The standard InChI is InChI=1S/C26H26N2O6/c1-26(19-10-6-4-7-11-19,20-12-8-5-9-13-20)25(30)27-21(24(29)34-3)16-18-14-15-23(33-2)22(17-18)28(31)32/h4-15,17,21H,16H2,1-3H3,(H,27,30)/t21-/m1/s1. The summed E-state index contributed by atoms with van der Waals surface area (Å²) >= 11 is 0. The number of carbonyl (C=O) groups excluding carboxylic acids is 2. The Morgan fingerprint density at radius 2 is 1.53 bits per heavy atom. The molecule has 3 rings (SSSR count). The predicted octanol–water partition coefficient (Wildman–Crippen LogP) is 3.81. The Labute approximate surface area is 197 Å². The maximum atomic E-state index is 13.7. The number of rotatable bonds is 9. The van der Waals surface area contributed by atoms with Gasteiger partial charge in [0.25, 0.3) is 0 Å². The van der Waals surface area contributed by atoms with Crippen LogP contribution in [0.1, 0.15) is 23.6 Å². The number of amides is 1. The Morgan fingerprint density at radius 1 is 0.971 bits per heavy atom. The van der Waals surface area contributed by atoms with Crippen molar-refractivity contribution in [2.45, 2.75) is 24.8 Å². The Hall–Kier alpha value is -4.20. The lowest BCUT2D eigenvalue weighted by Crippen LogP contribution is -2.51. The van der Waals surface area contributed by atoms with Crippen LogP contribution in [0.3, 0.4) is 0 Å². The van der Waals surface area contributed by atoms with Crippen LogP contribution in [0.5, 0.6) is 5.75 Å². The van der Waals surface area contributed by atoms with Crippen molar-refractivity contribution in [3.63, 3.8) is 0 Å². The number of nitro benzene ring substituents is 1. The molecule has 0 saturated heterocycles. The van der Waals surface area contributed by atoms with Crippen LogP contribution in [-0.4, -0.2) is 37.1 Å². The highest BCUT2D eigenvalue weighted by Crippen LogP contribution is 2.33. The number of benzene rings is 3. The van der Waals surface area contributed by atoms with Crippen molar-refractivity contribution in [2.75, 3.05) is 14.2 Å². The summed E-state index contributed by atoms with van der Waals surface area (Å²) in [5, 5.41) is 14.2. The molecule has 3 aromatic carbocycles. The molecule has 0 spiro atoms. The fourth-order valence-corrected chi connectivity index (χ4v) is 3.85. The van der Waals surface area contributed by atoms with Crippen LogP contribution in [0.4, 0.5) is 5.69 Å². The van der Waals surface area contributed by atoms with Crippen LogP contribution in [-0.2, 0) is 26.2 Å². The molecule has 1 N–H and O–H groups in total. The first-order valence-corrected chi connectivity index (χ1v) is 10.6. The second-order valence-corrected chi connectivity index (χ2v) is 7.87. The van der Waals surface area contributed by atoms with Gasteiger partial charge in [0.05, 0.1) is 24.6 Å². The zero-order valence-electron chi connectivity index (χ0n) is 19.2. The van der Waals surface area contributed by atoms with Crippen LogP contribution in [0.15, 0.2) is 78.9 Å². The van der Waals surface area contributed by atoms with Crippen LogP contribution >= 0.6 is 0 Å². The Kier molecular flexibility index (Phi) is 7.63. The molecule has 0 bridgehead atoms. The summed E-state index contributed by atoms with van der Waals surface area (Å²) in [6.07, 6.45) is 0.00288. The zero-order valence-corrected chi connectivity index (χ0v) is 19.2. The van der Waals surface area contributed by atoms with Crippen LogP contribution in [0.2, 0.25) is 0 Å². The molecule has 0 heterocycles. The van der Waals surface area contributed by atoms with Gasteiger partial charge in [-0.3, -0.25) is 14.9 Å². The highest BCUT2D eigenvalue weighted by Gasteiger charge is 2.39. The van der Waals surface area contributed by atoms with Crippen molar-refractivity contribution in [1.82, 2.24) is 5.32 Å². The van der Waals surface area contributed by atoms with E-state index in [-0.39, 0.29) is 17.9 Å². The Balaban J connectivity index is 1.97. The predicted molar refractivity (Wildman–Crippen MR) is 127 cm³/mol. The van der Waals surface area contributed by atoms with Crippen LogP contribution in [0, 0.1) is 10.1 Å². The highest BCUT2D eigenvalue weighted by atomic mass is 16.6. The number of ether oxygens (including phenoxy) is 2. The minimum atomic E-state index is -1.10. The first kappa shape index (κ1) is 24.4. The van der Waals surface area contributed by atoms with Gasteiger partial charge in [0.1, 0.15) is 6.04 Å². The van der Waals surface area contributed by atoms with Crippen molar-refractivity contribution in [2.24, 2.45) is 0 Å². The van der Waals surface area contributed by atoms with Gasteiger partial charge in [0.2, 0.25) is 5.91 Å². The molecule has 0 radical (unpaired) electrons. The van der Waals surface area contributed by atoms with E-state index in [2.05, 4.69) is 5.32 Å². The molecule has 0 aromatic heterocycles. The fourth-order valence-electron chi connectivity index (χ4n) is 3.85. The van der Waals surface area contributed by atoms with Crippen molar-refractivity contribution in [3.8, 4) is 5.75 Å². The van der Waals surface area contributed by atoms with Gasteiger partial charge in [-0.2, -0.15) is 0 Å². The second kappa shape index (κ2) is 10.6. The Bertz CT molecular complexity index is 1120. The molecule has 8 nitrogen and oxygen atoms in total. The van der Waals surface area contributed by atoms with E-state index in [0.717, 1.165) is 11.1 Å². The molecule has 0 aliphatic carbocycles. The third kappa shape index (κ3) is 5.06. The van der Waals surface area contributed by atoms with Gasteiger partial charge in [-0.05, 0) is 29.7 Å². The summed E-state index contributed by atoms with van der Waals surface area (Å²) in [5.74, 6) is -0.952. The van der Waals surface area contributed by atoms with Gasteiger partial charge in [-0.15, -0.1) is 0 Å². The van der Waals surface area contributed by atoms with E-state index in [4.69, 9.17) is 9.47 Å². The smallest absolute Gasteiger partial charge is 0.328 e. The first-order valence-electron chi connectivity index (χ1n) is 10.6. The lowest BCUT2D eigenvalue weighted by atomic mass is 9.75. The largest absolute Gasteiger partial charge is 0.490 e. The summed E-state index contributed by atoms with van der Waals surface area (Å²) in [6, 6.07) is 21.9. The van der Waals surface area contributed by atoms with E-state index < -0.39 is 28.3 Å². The summed E-state index contributed by atoms with van der Waals surface area (Å²) < 4.78 is 9.96. The number of hydrogen-bond donors (Lipinski definition) is 1. The number of methoxy groups -OCH3 is 2. The van der Waals surface area contributed by atoms with E-state index in [9.17, 15) is 19.7 Å². The molecular weight excluding hydrogens is 436 g/mol. The molecule has 0 aliphatic heterocycles. The molecule has 3 aromatic rings. The lowest BCUT2D eigenvalue weighted by Gasteiger charge is -2.31. The van der Waals surface area contributed by atoms with Gasteiger partial charge in [-0.1, -0.05) is 66.7 Å². The maximum Gasteiger partial charge on any atom is 0.328 e. The molecule has 0 aliphatic rings. The summed E-state index contributed by atoms with van der Waals surface area (Å²) in [7, 11) is 2.57. The summed E-state index contributed by atoms with van der Waals surface area (Å²) in [5.41, 5.74) is 0.656. The molecule has 1 atom stereocenters. The van der Waals surface area contributed by atoms with Gasteiger partial charge in [0, 0.05) is 12.5 Å². The molecule has 1 amide bonds. The Morgan fingerprint density at radius 3 is 2.00 bits per heavy atom. The maximum absolute atomic E-state index is 13.7. The van der Waals surface area contributed by atoms with Crippen molar-refractivity contribution >= 4 is 17.6 Å². The molecule has 8 heteroatoms. The van der Waals surface area contributed by atoms with Crippen LogP contribution < -0.4 is 10.1 Å². The molecule has 0 saturated carbocycles. The molecule has 34 heavy (non-hydrogen) atoms. The zero-order chi connectivity index (χ0) is 24.7. The van der Waals surface area contributed by atoms with E-state index in [1.165, 1.54) is 26.4 Å². The number of esters is 1. The molecule has 176 valence electrons. The minimum absolute atomic E-state index is 0.00288. The quantitative estimate of drug-likeness (QED) is 0.294. The monoisotopic (exact) mass is 462 g/mol. The number of nitrogens with zero attached hydrogens (tertiary/aromatic N) is 1. The third-order valence-electron chi connectivity index (χ3n) is 5.83. The average molecular weight is 463 g/mol. The average Bonchev–Trinajstić information content (AvgIpc) is 2.88. The van der Waals surface area contributed by atoms with E-state index in [1.807, 2.05) is 60.7 Å². The number of nitrogens with one attached hydrogen (secondary N) is 1. The second-order valence-electron chi connectivity index (χ2n) is 7.87. The van der Waals surface area contributed by atoms with Gasteiger partial charge in [0.15, 0.2) is 5.75 Å². The highest BCUT2D eigenvalue weighted by molar-refractivity contribution is 5.94. The normalized spacial score (nSPS) is 11.9. The first-order chi connectivity index (χ1) is 16.3. The van der Waals surface area contributed by atoms with Gasteiger partial charge < -0.3 is 14.8 Å². The minimum Gasteiger partial charge on any atom is -0.490 e. The summed E-state index contributed by atoms with van der Waals surface area (Å²) in [6.45, 7) is 1.79. The van der Waals surface area contributed by atoms with E-state index in [1.54, 1.807) is 13.0 Å². The number of carbonyl (C=O) groups is 2. The van der Waals surface area contributed by atoms with Crippen molar-refractivity contribution in [3.05, 3.63) is 106 Å². The van der Waals surface area contributed by atoms with Gasteiger partial charge in [-0.25, -0.2) is 4.79 Å². The third-order valence-corrected chi connectivity index (χ3v) is 5.83. The molecule has 0 unspecified atom stereocenters.